The van der Waals surface area contributed by atoms with E-state index in [0.717, 1.165) is 18.1 Å². The molecule has 0 aromatic carbocycles. The van der Waals surface area contributed by atoms with Crippen molar-refractivity contribution in [3.8, 4) is 0 Å². The van der Waals surface area contributed by atoms with Gasteiger partial charge in [-0.2, -0.15) is 0 Å². The molecule has 0 bridgehead atoms. The highest BCUT2D eigenvalue weighted by atomic mass is 15.3. The molecular formula is C10H20N4. The van der Waals surface area contributed by atoms with Crippen molar-refractivity contribution in [3.63, 3.8) is 0 Å². The number of nitrogens with two attached hydrogens (primary N) is 1. The number of aromatic nitrogens is 3. The van der Waals surface area contributed by atoms with E-state index in [1.165, 1.54) is 0 Å². The van der Waals surface area contributed by atoms with E-state index in [1.54, 1.807) is 0 Å². The predicted octanol–water partition coefficient (Wildman–Crippen LogP) is 1.45. The van der Waals surface area contributed by atoms with Crippen molar-refractivity contribution in [2.45, 2.75) is 52.6 Å². The van der Waals surface area contributed by atoms with Gasteiger partial charge in [-0.15, -0.1) is 10.2 Å². The van der Waals surface area contributed by atoms with E-state index in [0.29, 0.717) is 6.04 Å². The lowest BCUT2D eigenvalue weighted by molar-refractivity contribution is 0.467. The Bertz CT molecular complexity index is 306. The zero-order valence-electron chi connectivity index (χ0n) is 9.70. The third-order valence-corrected chi connectivity index (χ3v) is 2.07. The first-order valence-electron chi connectivity index (χ1n) is 5.00. The van der Waals surface area contributed by atoms with E-state index >= 15 is 0 Å². The highest BCUT2D eigenvalue weighted by Gasteiger charge is 2.18. The SMILES string of the molecule is Cc1nnc(CC(C)(C)N)n1C(C)C. The molecule has 0 atom stereocenters. The summed E-state index contributed by atoms with van der Waals surface area (Å²) in [6, 6.07) is 0.391. The summed E-state index contributed by atoms with van der Waals surface area (Å²) in [5.41, 5.74) is 5.73. The molecule has 0 amide bonds. The van der Waals surface area contributed by atoms with Crippen LogP contribution < -0.4 is 5.73 Å². The highest BCUT2D eigenvalue weighted by Crippen LogP contribution is 2.14. The van der Waals surface area contributed by atoms with Gasteiger partial charge in [0.25, 0.3) is 0 Å². The van der Waals surface area contributed by atoms with Gasteiger partial charge in [-0.25, -0.2) is 0 Å². The van der Waals surface area contributed by atoms with Crippen molar-refractivity contribution in [3.05, 3.63) is 11.6 Å². The Kier molecular flexibility index (Phi) is 2.95. The molecule has 0 aliphatic rings. The highest BCUT2D eigenvalue weighted by molar-refractivity contribution is 5.00. The van der Waals surface area contributed by atoms with Gasteiger partial charge in [-0.1, -0.05) is 0 Å². The zero-order valence-corrected chi connectivity index (χ0v) is 9.70. The molecule has 1 aromatic rings. The maximum atomic E-state index is 5.96. The summed E-state index contributed by atoms with van der Waals surface area (Å²) in [5.74, 6) is 1.93. The molecule has 4 nitrogen and oxygen atoms in total. The summed E-state index contributed by atoms with van der Waals surface area (Å²) in [6.45, 7) is 10.2. The van der Waals surface area contributed by atoms with Crippen molar-refractivity contribution in [2.24, 2.45) is 5.73 Å². The molecule has 0 radical (unpaired) electrons. The van der Waals surface area contributed by atoms with Crippen molar-refractivity contribution in [1.29, 1.82) is 0 Å². The molecular weight excluding hydrogens is 176 g/mol. The largest absolute Gasteiger partial charge is 0.325 e. The van der Waals surface area contributed by atoms with Gasteiger partial charge in [0.05, 0.1) is 0 Å². The molecule has 0 fully saturated rings. The van der Waals surface area contributed by atoms with Crippen molar-refractivity contribution in [2.75, 3.05) is 0 Å². The van der Waals surface area contributed by atoms with Crippen LogP contribution in [0.4, 0.5) is 0 Å². The summed E-state index contributed by atoms with van der Waals surface area (Å²) in [5, 5.41) is 8.23. The number of nitrogens with zero attached hydrogens (tertiary/aromatic N) is 3. The molecule has 1 rings (SSSR count). The van der Waals surface area contributed by atoms with E-state index in [-0.39, 0.29) is 5.54 Å². The second kappa shape index (κ2) is 3.69. The van der Waals surface area contributed by atoms with E-state index in [4.69, 9.17) is 5.73 Å². The van der Waals surface area contributed by atoms with Crippen LogP contribution in [0.3, 0.4) is 0 Å². The maximum Gasteiger partial charge on any atom is 0.135 e. The minimum Gasteiger partial charge on any atom is -0.325 e. The lowest BCUT2D eigenvalue weighted by Crippen LogP contribution is -2.35. The number of hydrogen-bond donors (Lipinski definition) is 1. The Balaban J connectivity index is 2.98. The molecule has 4 heteroatoms. The lowest BCUT2D eigenvalue weighted by Gasteiger charge is -2.20. The minimum atomic E-state index is -0.230. The van der Waals surface area contributed by atoms with E-state index in [1.807, 2.05) is 20.8 Å². The summed E-state index contributed by atoms with van der Waals surface area (Å²) in [6.07, 6.45) is 0.756. The van der Waals surface area contributed by atoms with Crippen LogP contribution in [0.25, 0.3) is 0 Å². The molecule has 0 spiro atoms. The molecule has 2 N–H and O–H groups in total. The number of aryl methyl sites for hydroxylation is 1. The maximum absolute atomic E-state index is 5.96. The quantitative estimate of drug-likeness (QED) is 0.796. The fraction of sp³-hybridized carbons (Fsp3) is 0.800. The molecule has 0 saturated carbocycles. The second-order valence-corrected chi connectivity index (χ2v) is 4.79. The Morgan fingerprint density at radius 3 is 2.36 bits per heavy atom. The van der Waals surface area contributed by atoms with E-state index < -0.39 is 0 Å². The Morgan fingerprint density at radius 2 is 1.93 bits per heavy atom. The van der Waals surface area contributed by atoms with Crippen molar-refractivity contribution in [1.82, 2.24) is 14.8 Å². The van der Waals surface area contributed by atoms with Gasteiger partial charge in [-0.3, -0.25) is 0 Å². The second-order valence-electron chi connectivity index (χ2n) is 4.79. The lowest BCUT2D eigenvalue weighted by atomic mass is 10.0. The summed E-state index contributed by atoms with van der Waals surface area (Å²) in [4.78, 5) is 0. The topological polar surface area (TPSA) is 56.7 Å². The molecule has 0 unspecified atom stereocenters. The monoisotopic (exact) mass is 196 g/mol. The fourth-order valence-corrected chi connectivity index (χ4v) is 1.61. The normalized spacial score (nSPS) is 12.5. The van der Waals surface area contributed by atoms with Crippen LogP contribution in [0.2, 0.25) is 0 Å². The van der Waals surface area contributed by atoms with Crippen LogP contribution in [0, 0.1) is 6.92 Å². The van der Waals surface area contributed by atoms with Gasteiger partial charge in [-0.05, 0) is 34.6 Å². The number of hydrogen-bond acceptors (Lipinski definition) is 3. The van der Waals surface area contributed by atoms with Gasteiger partial charge >= 0.3 is 0 Å². The van der Waals surface area contributed by atoms with Crippen LogP contribution >= 0.6 is 0 Å². The Labute approximate surface area is 85.5 Å². The standard InChI is InChI=1S/C10H20N4/c1-7(2)14-8(3)12-13-9(14)6-10(4,5)11/h7H,6,11H2,1-5H3. The smallest absolute Gasteiger partial charge is 0.135 e. The molecule has 0 saturated heterocycles. The van der Waals surface area contributed by atoms with Crippen LogP contribution in [0.1, 0.15) is 45.4 Å². The molecule has 0 aliphatic carbocycles. The van der Waals surface area contributed by atoms with Crippen LogP contribution in [-0.4, -0.2) is 20.3 Å². The summed E-state index contributed by atoms with van der Waals surface area (Å²) in [7, 11) is 0. The molecule has 1 heterocycles. The average Bonchev–Trinajstić information content (AvgIpc) is 2.27. The molecule has 14 heavy (non-hydrogen) atoms. The van der Waals surface area contributed by atoms with Crippen molar-refractivity contribution < 1.29 is 0 Å². The van der Waals surface area contributed by atoms with Crippen LogP contribution in [0.15, 0.2) is 0 Å². The van der Waals surface area contributed by atoms with Crippen molar-refractivity contribution >= 4 is 0 Å². The molecule has 0 aliphatic heterocycles. The third kappa shape index (κ3) is 2.54. The molecule has 80 valence electrons. The van der Waals surface area contributed by atoms with Gasteiger partial charge in [0.1, 0.15) is 11.6 Å². The first-order chi connectivity index (χ1) is 6.31. The van der Waals surface area contributed by atoms with Gasteiger partial charge < -0.3 is 10.3 Å². The number of rotatable bonds is 3. The van der Waals surface area contributed by atoms with Crippen LogP contribution in [-0.2, 0) is 6.42 Å². The fourth-order valence-electron chi connectivity index (χ4n) is 1.61. The zero-order chi connectivity index (χ0) is 10.9. The molecule has 1 aromatic heterocycles. The van der Waals surface area contributed by atoms with E-state index in [9.17, 15) is 0 Å². The first kappa shape index (κ1) is 11.2. The van der Waals surface area contributed by atoms with Gasteiger partial charge in [0.15, 0.2) is 0 Å². The summed E-state index contributed by atoms with van der Waals surface area (Å²) >= 11 is 0. The Hall–Kier alpha value is -0.900. The van der Waals surface area contributed by atoms with Crippen LogP contribution in [0.5, 0.6) is 0 Å². The third-order valence-electron chi connectivity index (χ3n) is 2.07. The van der Waals surface area contributed by atoms with E-state index in [2.05, 4.69) is 28.6 Å². The average molecular weight is 196 g/mol. The minimum absolute atomic E-state index is 0.230. The summed E-state index contributed by atoms with van der Waals surface area (Å²) < 4.78 is 2.13. The van der Waals surface area contributed by atoms with Gasteiger partial charge in [0, 0.05) is 18.0 Å². The predicted molar refractivity (Wildman–Crippen MR) is 57.1 cm³/mol. The van der Waals surface area contributed by atoms with Gasteiger partial charge in [0.2, 0.25) is 0 Å². The Morgan fingerprint density at radius 1 is 1.36 bits per heavy atom. The first-order valence-corrected chi connectivity index (χ1v) is 5.00.